The van der Waals surface area contributed by atoms with E-state index in [4.69, 9.17) is 20.9 Å². The first-order valence-electron chi connectivity index (χ1n) is 6.03. The van der Waals surface area contributed by atoms with Crippen molar-refractivity contribution in [3.05, 3.63) is 47.5 Å². The molecule has 0 heterocycles. The molecule has 0 aliphatic rings. The Labute approximate surface area is 117 Å². The summed E-state index contributed by atoms with van der Waals surface area (Å²) in [4.78, 5) is 11.3. The SMILES string of the molecule is COc1cc(Oc2c(C)cccc2N)cc(C(N)=O)c1. The molecule has 4 N–H and O–H groups in total. The second-order valence-electron chi connectivity index (χ2n) is 4.36. The number of methoxy groups -OCH3 is 1. The van der Waals surface area contributed by atoms with Gasteiger partial charge in [-0.25, -0.2) is 0 Å². The number of rotatable bonds is 4. The molecule has 0 aliphatic carbocycles. The van der Waals surface area contributed by atoms with Crippen LogP contribution in [0, 0.1) is 6.92 Å². The van der Waals surface area contributed by atoms with Crippen LogP contribution in [0.4, 0.5) is 5.69 Å². The lowest BCUT2D eigenvalue weighted by molar-refractivity contribution is 0.0999. The zero-order chi connectivity index (χ0) is 14.7. The molecule has 0 spiro atoms. The van der Waals surface area contributed by atoms with Gasteiger partial charge in [-0.05, 0) is 30.7 Å². The van der Waals surface area contributed by atoms with Gasteiger partial charge in [-0.1, -0.05) is 12.1 Å². The van der Waals surface area contributed by atoms with Gasteiger partial charge in [-0.2, -0.15) is 0 Å². The number of amides is 1. The average Bonchev–Trinajstić information content (AvgIpc) is 2.42. The van der Waals surface area contributed by atoms with E-state index in [0.29, 0.717) is 28.5 Å². The van der Waals surface area contributed by atoms with E-state index in [9.17, 15) is 4.79 Å². The number of anilines is 1. The van der Waals surface area contributed by atoms with Gasteiger partial charge in [0.1, 0.15) is 11.5 Å². The topological polar surface area (TPSA) is 87.6 Å². The van der Waals surface area contributed by atoms with E-state index in [-0.39, 0.29) is 0 Å². The normalized spacial score (nSPS) is 10.1. The largest absolute Gasteiger partial charge is 0.497 e. The third-order valence-electron chi connectivity index (χ3n) is 2.86. The maximum atomic E-state index is 11.3. The summed E-state index contributed by atoms with van der Waals surface area (Å²) in [6.07, 6.45) is 0. The number of benzene rings is 2. The fourth-order valence-electron chi connectivity index (χ4n) is 1.82. The number of carbonyl (C=O) groups is 1. The molecule has 0 unspecified atom stereocenters. The van der Waals surface area contributed by atoms with Crippen LogP contribution in [0.5, 0.6) is 17.2 Å². The second kappa shape index (κ2) is 5.52. The van der Waals surface area contributed by atoms with Crippen molar-refractivity contribution in [3.63, 3.8) is 0 Å². The summed E-state index contributed by atoms with van der Waals surface area (Å²) in [6.45, 7) is 1.89. The lowest BCUT2D eigenvalue weighted by Gasteiger charge is -2.13. The summed E-state index contributed by atoms with van der Waals surface area (Å²) in [5.74, 6) is 0.935. The number of aryl methyl sites for hydroxylation is 1. The lowest BCUT2D eigenvalue weighted by Crippen LogP contribution is -2.11. The smallest absolute Gasteiger partial charge is 0.248 e. The van der Waals surface area contributed by atoms with Crippen molar-refractivity contribution in [2.45, 2.75) is 6.92 Å². The van der Waals surface area contributed by atoms with Gasteiger partial charge in [0.25, 0.3) is 0 Å². The van der Waals surface area contributed by atoms with E-state index < -0.39 is 5.91 Å². The Morgan fingerprint density at radius 1 is 1.15 bits per heavy atom. The van der Waals surface area contributed by atoms with Crippen LogP contribution in [0.15, 0.2) is 36.4 Å². The minimum atomic E-state index is -0.550. The molecule has 0 atom stereocenters. The van der Waals surface area contributed by atoms with Gasteiger partial charge >= 0.3 is 0 Å². The van der Waals surface area contributed by atoms with Crippen LogP contribution in [-0.4, -0.2) is 13.0 Å². The summed E-state index contributed by atoms with van der Waals surface area (Å²) in [6, 6.07) is 10.3. The highest BCUT2D eigenvalue weighted by atomic mass is 16.5. The van der Waals surface area contributed by atoms with E-state index in [2.05, 4.69) is 0 Å². The number of para-hydroxylation sites is 1. The van der Waals surface area contributed by atoms with Gasteiger partial charge in [0.05, 0.1) is 12.8 Å². The second-order valence-corrected chi connectivity index (χ2v) is 4.36. The summed E-state index contributed by atoms with van der Waals surface area (Å²) < 4.78 is 10.9. The Morgan fingerprint density at radius 3 is 2.45 bits per heavy atom. The van der Waals surface area contributed by atoms with Crippen molar-refractivity contribution >= 4 is 11.6 Å². The van der Waals surface area contributed by atoms with E-state index in [1.807, 2.05) is 19.1 Å². The van der Waals surface area contributed by atoms with Crippen LogP contribution in [0.1, 0.15) is 15.9 Å². The number of nitrogen functional groups attached to an aromatic ring is 1. The van der Waals surface area contributed by atoms with Gasteiger partial charge in [-0.15, -0.1) is 0 Å². The van der Waals surface area contributed by atoms with E-state index in [1.54, 1.807) is 24.3 Å². The summed E-state index contributed by atoms with van der Waals surface area (Å²) in [7, 11) is 1.51. The fourth-order valence-corrected chi connectivity index (χ4v) is 1.82. The Hall–Kier alpha value is -2.69. The zero-order valence-corrected chi connectivity index (χ0v) is 11.3. The molecule has 2 aromatic carbocycles. The average molecular weight is 272 g/mol. The number of hydrogen-bond acceptors (Lipinski definition) is 4. The number of carbonyl (C=O) groups excluding carboxylic acids is 1. The molecule has 0 bridgehead atoms. The molecule has 5 nitrogen and oxygen atoms in total. The first-order chi connectivity index (χ1) is 9.51. The molecule has 0 fully saturated rings. The predicted octanol–water partition coefficient (Wildman–Crippen LogP) is 2.48. The zero-order valence-electron chi connectivity index (χ0n) is 11.3. The van der Waals surface area contributed by atoms with Crippen LogP contribution >= 0.6 is 0 Å². The quantitative estimate of drug-likeness (QED) is 0.837. The molecule has 0 aliphatic heterocycles. The van der Waals surface area contributed by atoms with Crippen molar-refractivity contribution in [3.8, 4) is 17.2 Å². The van der Waals surface area contributed by atoms with Crippen LogP contribution in [0.3, 0.4) is 0 Å². The molecule has 2 rings (SSSR count). The number of ether oxygens (including phenoxy) is 2. The predicted molar refractivity (Wildman–Crippen MR) is 77.2 cm³/mol. The molecule has 0 aromatic heterocycles. The third-order valence-corrected chi connectivity index (χ3v) is 2.86. The summed E-state index contributed by atoms with van der Waals surface area (Å²) in [5.41, 5.74) is 12.9. The lowest BCUT2D eigenvalue weighted by atomic mass is 10.1. The van der Waals surface area contributed by atoms with Gasteiger partial charge in [0.15, 0.2) is 5.75 Å². The summed E-state index contributed by atoms with van der Waals surface area (Å²) >= 11 is 0. The Morgan fingerprint density at radius 2 is 1.85 bits per heavy atom. The molecular weight excluding hydrogens is 256 g/mol. The molecule has 20 heavy (non-hydrogen) atoms. The molecule has 0 radical (unpaired) electrons. The minimum Gasteiger partial charge on any atom is -0.497 e. The first-order valence-corrected chi connectivity index (χ1v) is 6.03. The standard InChI is InChI=1S/C15H16N2O3/c1-9-4-3-5-13(16)14(9)20-12-7-10(15(17)18)6-11(8-12)19-2/h3-8H,16H2,1-2H3,(H2,17,18). The monoisotopic (exact) mass is 272 g/mol. The van der Waals surface area contributed by atoms with Crippen LogP contribution in [-0.2, 0) is 0 Å². The number of primary amides is 1. The van der Waals surface area contributed by atoms with Crippen molar-refractivity contribution in [2.75, 3.05) is 12.8 Å². The molecule has 0 saturated heterocycles. The highest BCUT2D eigenvalue weighted by Crippen LogP contribution is 2.33. The van der Waals surface area contributed by atoms with Crippen molar-refractivity contribution in [1.29, 1.82) is 0 Å². The molecule has 104 valence electrons. The van der Waals surface area contributed by atoms with Crippen molar-refractivity contribution < 1.29 is 14.3 Å². The van der Waals surface area contributed by atoms with E-state index in [0.717, 1.165) is 5.56 Å². The fraction of sp³-hybridized carbons (Fsp3) is 0.133. The van der Waals surface area contributed by atoms with Crippen molar-refractivity contribution in [1.82, 2.24) is 0 Å². The molecule has 5 heteroatoms. The Kier molecular flexibility index (Phi) is 3.79. The minimum absolute atomic E-state index is 0.312. The molecular formula is C15H16N2O3. The third kappa shape index (κ3) is 2.83. The molecule has 2 aromatic rings. The van der Waals surface area contributed by atoms with Crippen molar-refractivity contribution in [2.24, 2.45) is 5.73 Å². The van der Waals surface area contributed by atoms with Gasteiger partial charge in [0, 0.05) is 11.6 Å². The highest BCUT2D eigenvalue weighted by molar-refractivity contribution is 5.93. The molecule has 1 amide bonds. The van der Waals surface area contributed by atoms with E-state index >= 15 is 0 Å². The van der Waals surface area contributed by atoms with Gasteiger partial charge < -0.3 is 20.9 Å². The van der Waals surface area contributed by atoms with Crippen LogP contribution in [0.25, 0.3) is 0 Å². The van der Waals surface area contributed by atoms with Crippen LogP contribution in [0.2, 0.25) is 0 Å². The number of nitrogens with two attached hydrogens (primary N) is 2. The van der Waals surface area contributed by atoms with Gasteiger partial charge in [-0.3, -0.25) is 4.79 Å². The Bertz CT molecular complexity index is 633. The first kappa shape index (κ1) is 13.7. The molecule has 0 saturated carbocycles. The Balaban J connectivity index is 2.43. The van der Waals surface area contributed by atoms with Gasteiger partial charge in [0.2, 0.25) is 5.91 Å². The van der Waals surface area contributed by atoms with Crippen LogP contribution < -0.4 is 20.9 Å². The van der Waals surface area contributed by atoms with E-state index in [1.165, 1.54) is 7.11 Å². The summed E-state index contributed by atoms with van der Waals surface area (Å²) in [5, 5.41) is 0. The maximum Gasteiger partial charge on any atom is 0.248 e. The number of hydrogen-bond donors (Lipinski definition) is 2. The maximum absolute atomic E-state index is 11.3. The highest BCUT2D eigenvalue weighted by Gasteiger charge is 2.10.